The summed E-state index contributed by atoms with van der Waals surface area (Å²) in [5, 5.41) is 14.7. The lowest BCUT2D eigenvalue weighted by molar-refractivity contribution is -0.112. The molecule has 0 fully saturated rings. The van der Waals surface area contributed by atoms with E-state index in [9.17, 15) is 9.59 Å². The number of ether oxygens (including phenoxy) is 1. The topological polar surface area (TPSA) is 94.5 Å². The maximum absolute atomic E-state index is 12.2. The Hall–Kier alpha value is -2.85. The van der Waals surface area contributed by atoms with Crippen molar-refractivity contribution in [3.05, 3.63) is 41.6 Å². The van der Waals surface area contributed by atoms with Crippen molar-refractivity contribution in [2.24, 2.45) is 0 Å². The quantitative estimate of drug-likeness (QED) is 0.307. The van der Waals surface area contributed by atoms with Gasteiger partial charge in [0.25, 0.3) is 5.91 Å². The largest absolute Gasteiger partial charge is 0.462 e. The number of nitrogens with one attached hydrogen (secondary N) is 2. The lowest BCUT2D eigenvalue weighted by Gasteiger charge is -2.10. The highest BCUT2D eigenvalue weighted by atomic mass is 16.5. The summed E-state index contributed by atoms with van der Waals surface area (Å²) in [5.41, 5.74) is 0.483. The number of nitriles is 1. The molecule has 2 N–H and O–H groups in total. The maximum atomic E-state index is 12.2. The fourth-order valence-corrected chi connectivity index (χ4v) is 1.99. The molecule has 0 aromatic heterocycles. The predicted octanol–water partition coefficient (Wildman–Crippen LogP) is 1.75. The Kier molecular flexibility index (Phi) is 8.75. The molecule has 1 aromatic rings. The molecule has 7 heteroatoms. The summed E-state index contributed by atoms with van der Waals surface area (Å²) in [4.78, 5) is 26.2. The van der Waals surface area contributed by atoms with Gasteiger partial charge < -0.3 is 20.3 Å². The lowest BCUT2D eigenvalue weighted by Crippen LogP contribution is -2.21. The zero-order valence-electron chi connectivity index (χ0n) is 14.8. The van der Waals surface area contributed by atoms with E-state index < -0.39 is 11.9 Å². The van der Waals surface area contributed by atoms with E-state index in [1.54, 1.807) is 31.2 Å². The van der Waals surface area contributed by atoms with Crippen molar-refractivity contribution in [3.8, 4) is 6.07 Å². The summed E-state index contributed by atoms with van der Waals surface area (Å²) in [6.45, 7) is 3.50. The van der Waals surface area contributed by atoms with Crippen LogP contribution in [0.25, 0.3) is 0 Å². The van der Waals surface area contributed by atoms with Crippen LogP contribution in [0.3, 0.4) is 0 Å². The number of carbonyl (C=O) groups is 2. The van der Waals surface area contributed by atoms with E-state index >= 15 is 0 Å². The molecule has 134 valence electrons. The molecule has 0 bridgehead atoms. The molecule has 0 radical (unpaired) electrons. The van der Waals surface area contributed by atoms with Crippen molar-refractivity contribution >= 4 is 17.6 Å². The minimum absolute atomic E-state index is 0.0662. The Morgan fingerprint density at radius 3 is 2.68 bits per heavy atom. The molecule has 0 saturated heterocycles. The van der Waals surface area contributed by atoms with Crippen molar-refractivity contribution in [2.75, 3.05) is 39.1 Å². The standard InChI is InChI=1S/C18H24N4O3/c1-4-25-18(24)15-8-5-6-9-16(15)21-17(23)14(12-19)13-20-10-7-11-22(2)3/h5-6,8-9,13,20H,4,7,10-11H2,1-3H3,(H,21,23)/b14-13-. The number of esters is 1. The molecular weight excluding hydrogens is 320 g/mol. The summed E-state index contributed by atoms with van der Waals surface area (Å²) in [6, 6.07) is 8.36. The van der Waals surface area contributed by atoms with Crippen LogP contribution >= 0.6 is 0 Å². The number of para-hydroxylation sites is 1. The number of benzene rings is 1. The van der Waals surface area contributed by atoms with Gasteiger partial charge in [-0.3, -0.25) is 4.79 Å². The van der Waals surface area contributed by atoms with Crippen LogP contribution in [0.4, 0.5) is 5.69 Å². The molecular formula is C18H24N4O3. The first-order chi connectivity index (χ1) is 12.0. The highest BCUT2D eigenvalue weighted by molar-refractivity contribution is 6.09. The van der Waals surface area contributed by atoms with Crippen molar-refractivity contribution in [3.63, 3.8) is 0 Å². The Labute approximate surface area is 148 Å². The van der Waals surface area contributed by atoms with Gasteiger partial charge >= 0.3 is 5.97 Å². The van der Waals surface area contributed by atoms with E-state index in [1.165, 1.54) is 6.20 Å². The second-order valence-corrected chi connectivity index (χ2v) is 5.50. The first kappa shape index (κ1) is 20.2. The second-order valence-electron chi connectivity index (χ2n) is 5.50. The number of amides is 1. The molecule has 0 aliphatic carbocycles. The summed E-state index contributed by atoms with van der Waals surface area (Å²) >= 11 is 0. The van der Waals surface area contributed by atoms with E-state index in [0.717, 1.165) is 13.0 Å². The van der Waals surface area contributed by atoms with E-state index in [0.29, 0.717) is 12.2 Å². The van der Waals surface area contributed by atoms with E-state index in [4.69, 9.17) is 10.00 Å². The number of carbonyl (C=O) groups excluding carboxylic acids is 2. The third-order valence-electron chi connectivity index (χ3n) is 3.21. The van der Waals surface area contributed by atoms with Crippen molar-refractivity contribution in [1.29, 1.82) is 5.26 Å². The Bertz CT molecular complexity index is 663. The molecule has 1 rings (SSSR count). The van der Waals surface area contributed by atoms with E-state index in [-0.39, 0.29) is 17.7 Å². The highest BCUT2D eigenvalue weighted by Crippen LogP contribution is 2.17. The molecule has 0 unspecified atom stereocenters. The molecule has 1 amide bonds. The third-order valence-corrected chi connectivity index (χ3v) is 3.21. The number of anilines is 1. The minimum Gasteiger partial charge on any atom is -0.462 e. The summed E-state index contributed by atoms with van der Waals surface area (Å²) < 4.78 is 4.96. The maximum Gasteiger partial charge on any atom is 0.340 e. The van der Waals surface area contributed by atoms with Crippen LogP contribution in [0.15, 0.2) is 36.0 Å². The zero-order valence-corrected chi connectivity index (χ0v) is 14.8. The van der Waals surface area contributed by atoms with Crippen LogP contribution in [-0.4, -0.2) is 50.6 Å². The Morgan fingerprint density at radius 2 is 2.04 bits per heavy atom. The van der Waals surface area contributed by atoms with Crippen LogP contribution in [0.1, 0.15) is 23.7 Å². The van der Waals surface area contributed by atoms with Gasteiger partial charge in [0.15, 0.2) is 0 Å². The van der Waals surface area contributed by atoms with Gasteiger partial charge in [-0.05, 0) is 46.1 Å². The average Bonchev–Trinajstić information content (AvgIpc) is 2.58. The average molecular weight is 344 g/mol. The van der Waals surface area contributed by atoms with Gasteiger partial charge in [-0.25, -0.2) is 4.79 Å². The smallest absolute Gasteiger partial charge is 0.340 e. The number of hydrogen-bond acceptors (Lipinski definition) is 6. The monoisotopic (exact) mass is 344 g/mol. The Morgan fingerprint density at radius 1 is 1.32 bits per heavy atom. The molecule has 25 heavy (non-hydrogen) atoms. The van der Waals surface area contributed by atoms with Gasteiger partial charge in [0.05, 0.1) is 17.9 Å². The SMILES string of the molecule is CCOC(=O)c1ccccc1NC(=O)/C(C#N)=C\NCCCN(C)C. The molecule has 7 nitrogen and oxygen atoms in total. The van der Waals surface area contributed by atoms with Crippen LogP contribution in [0.5, 0.6) is 0 Å². The minimum atomic E-state index is -0.584. The summed E-state index contributed by atoms with van der Waals surface area (Å²) in [5.74, 6) is -1.11. The fraction of sp³-hybridized carbons (Fsp3) is 0.389. The number of nitrogens with zero attached hydrogens (tertiary/aromatic N) is 2. The van der Waals surface area contributed by atoms with Gasteiger partial charge in [0.1, 0.15) is 11.6 Å². The lowest BCUT2D eigenvalue weighted by atomic mass is 10.1. The molecule has 0 atom stereocenters. The fourth-order valence-electron chi connectivity index (χ4n) is 1.99. The van der Waals surface area contributed by atoms with Crippen molar-refractivity contribution < 1.29 is 14.3 Å². The zero-order chi connectivity index (χ0) is 18.7. The summed E-state index contributed by atoms with van der Waals surface area (Å²) in [6.07, 6.45) is 2.27. The molecule has 0 aliphatic heterocycles. The van der Waals surface area contributed by atoms with Gasteiger partial charge in [-0.2, -0.15) is 5.26 Å². The highest BCUT2D eigenvalue weighted by Gasteiger charge is 2.16. The number of hydrogen-bond donors (Lipinski definition) is 2. The van der Waals surface area contributed by atoms with Gasteiger partial charge in [-0.15, -0.1) is 0 Å². The molecule has 0 spiro atoms. The molecule has 0 saturated carbocycles. The molecule has 0 aliphatic rings. The first-order valence-corrected chi connectivity index (χ1v) is 8.05. The van der Waals surface area contributed by atoms with Crippen LogP contribution in [0.2, 0.25) is 0 Å². The Balaban J connectivity index is 2.73. The molecule has 0 heterocycles. The van der Waals surface area contributed by atoms with E-state index in [1.807, 2.05) is 20.2 Å². The van der Waals surface area contributed by atoms with Crippen LogP contribution in [-0.2, 0) is 9.53 Å². The predicted molar refractivity (Wildman–Crippen MR) is 95.9 cm³/mol. The van der Waals surface area contributed by atoms with Crippen LogP contribution < -0.4 is 10.6 Å². The van der Waals surface area contributed by atoms with Gasteiger partial charge in [0.2, 0.25) is 0 Å². The van der Waals surface area contributed by atoms with E-state index in [2.05, 4.69) is 15.5 Å². The molecule has 1 aromatic carbocycles. The van der Waals surface area contributed by atoms with Gasteiger partial charge in [0, 0.05) is 12.7 Å². The van der Waals surface area contributed by atoms with Crippen LogP contribution in [0, 0.1) is 11.3 Å². The third kappa shape index (κ3) is 7.06. The first-order valence-electron chi connectivity index (χ1n) is 8.05. The summed E-state index contributed by atoms with van der Waals surface area (Å²) in [7, 11) is 3.95. The van der Waals surface area contributed by atoms with Crippen molar-refractivity contribution in [2.45, 2.75) is 13.3 Å². The normalized spacial score (nSPS) is 10.9. The van der Waals surface area contributed by atoms with Crippen molar-refractivity contribution in [1.82, 2.24) is 10.2 Å². The van der Waals surface area contributed by atoms with Gasteiger partial charge in [-0.1, -0.05) is 12.1 Å². The second kappa shape index (κ2) is 10.8. The number of rotatable bonds is 9.